The van der Waals surface area contributed by atoms with Crippen LogP contribution in [0.4, 0.5) is 11.5 Å². The quantitative estimate of drug-likeness (QED) is 0.450. The second-order valence-corrected chi connectivity index (χ2v) is 10.1. The van der Waals surface area contributed by atoms with E-state index in [2.05, 4.69) is 38.6 Å². The first kappa shape index (κ1) is 25.0. The third-order valence-corrected chi connectivity index (χ3v) is 7.57. The number of hydrogen-bond donors (Lipinski definition) is 2. The summed E-state index contributed by atoms with van der Waals surface area (Å²) in [6, 6.07) is 12.0. The van der Waals surface area contributed by atoms with Crippen molar-refractivity contribution in [1.82, 2.24) is 19.9 Å². The first-order valence-corrected chi connectivity index (χ1v) is 13.4. The lowest BCUT2D eigenvalue weighted by molar-refractivity contribution is -0.126. The molecule has 2 aliphatic rings. The maximum absolute atomic E-state index is 13.0. The maximum Gasteiger partial charge on any atom is 0.337 e. The summed E-state index contributed by atoms with van der Waals surface area (Å²) in [6.45, 7) is 3.81. The van der Waals surface area contributed by atoms with Crippen LogP contribution in [0.5, 0.6) is 0 Å². The summed E-state index contributed by atoms with van der Waals surface area (Å²) in [7, 11) is 1.39. The largest absolute Gasteiger partial charge is 0.465 e. The zero-order valence-corrected chi connectivity index (χ0v) is 21.7. The summed E-state index contributed by atoms with van der Waals surface area (Å²) in [6.07, 6.45) is 8.32. The Balaban J connectivity index is 1.11. The summed E-state index contributed by atoms with van der Waals surface area (Å²) in [5, 5.41) is 11.4. The molecule has 0 bridgehead atoms. The van der Waals surface area contributed by atoms with Gasteiger partial charge in [-0.1, -0.05) is 13.3 Å². The number of ether oxygens (including phenoxy) is 1. The van der Waals surface area contributed by atoms with Gasteiger partial charge in [0.05, 0.1) is 18.9 Å². The second-order valence-electron chi connectivity index (χ2n) is 10.1. The van der Waals surface area contributed by atoms with Crippen molar-refractivity contribution >= 4 is 29.0 Å². The van der Waals surface area contributed by atoms with Crippen LogP contribution < -0.4 is 15.5 Å². The van der Waals surface area contributed by atoms with Crippen molar-refractivity contribution < 1.29 is 14.3 Å². The number of hydrogen-bond acceptors (Lipinski definition) is 7. The average Bonchev–Trinajstić information content (AvgIpc) is 3.58. The molecule has 37 heavy (non-hydrogen) atoms. The molecule has 3 heterocycles. The molecule has 2 N–H and O–H groups in total. The SMILES string of the molecule is CCCc1cc(N[C@@H]2CC[C@@H](NC(=O)C3CCN(c4ccc(C(=O)OC)cc4)CC3)C2)n2nccc2n1. The highest BCUT2D eigenvalue weighted by Crippen LogP contribution is 2.27. The molecule has 2 aromatic heterocycles. The van der Waals surface area contributed by atoms with Crippen LogP contribution in [-0.4, -0.2) is 58.8 Å². The van der Waals surface area contributed by atoms with Crippen LogP contribution in [0.25, 0.3) is 5.65 Å². The summed E-state index contributed by atoms with van der Waals surface area (Å²) in [4.78, 5) is 31.7. The van der Waals surface area contributed by atoms with E-state index < -0.39 is 0 Å². The summed E-state index contributed by atoms with van der Waals surface area (Å²) in [5.41, 5.74) is 3.55. The molecular weight excluding hydrogens is 468 g/mol. The highest BCUT2D eigenvalue weighted by molar-refractivity contribution is 5.89. The van der Waals surface area contributed by atoms with Crippen LogP contribution in [0, 0.1) is 5.92 Å². The van der Waals surface area contributed by atoms with E-state index in [4.69, 9.17) is 4.74 Å². The molecular formula is C28H36N6O3. The number of carbonyl (C=O) groups excluding carboxylic acids is 2. The lowest BCUT2D eigenvalue weighted by Crippen LogP contribution is -2.43. The van der Waals surface area contributed by atoms with Gasteiger partial charge in [-0.25, -0.2) is 9.78 Å². The molecule has 5 rings (SSSR count). The normalized spacial score (nSPS) is 20.2. The number of esters is 1. The lowest BCUT2D eigenvalue weighted by Gasteiger charge is -2.33. The van der Waals surface area contributed by atoms with E-state index in [1.54, 1.807) is 18.3 Å². The standard InChI is InChI=1S/C28H36N6O3/c1-3-4-21-18-26(34-25(30-21)11-14-29-34)31-22-7-8-23(17-22)32-27(35)19-12-15-33(16-13-19)24-9-5-20(6-10-24)28(36)37-2/h5-6,9-11,14,18-19,22-23,31H,3-4,7-8,12-13,15-17H2,1-2H3,(H,32,35)/t22-,23-/m1/s1. The Kier molecular flexibility index (Phi) is 7.58. The maximum atomic E-state index is 13.0. The number of piperidine rings is 1. The molecule has 1 saturated carbocycles. The Hall–Kier alpha value is -3.62. The van der Waals surface area contributed by atoms with Crippen molar-refractivity contribution in [3.05, 3.63) is 53.9 Å². The van der Waals surface area contributed by atoms with Gasteiger partial charge in [-0.2, -0.15) is 9.61 Å². The molecule has 1 aliphatic carbocycles. The van der Waals surface area contributed by atoms with Crippen molar-refractivity contribution in [3.8, 4) is 0 Å². The van der Waals surface area contributed by atoms with Crippen LogP contribution >= 0.6 is 0 Å². The van der Waals surface area contributed by atoms with Gasteiger partial charge < -0.3 is 20.3 Å². The Morgan fingerprint density at radius 2 is 1.81 bits per heavy atom. The summed E-state index contributed by atoms with van der Waals surface area (Å²) >= 11 is 0. The van der Waals surface area contributed by atoms with Gasteiger partial charge in [0, 0.05) is 54.6 Å². The third-order valence-electron chi connectivity index (χ3n) is 7.57. The predicted molar refractivity (Wildman–Crippen MR) is 143 cm³/mol. The molecule has 3 aromatic rings. The van der Waals surface area contributed by atoms with Gasteiger partial charge in [0.25, 0.3) is 0 Å². The van der Waals surface area contributed by atoms with Crippen LogP contribution in [0.2, 0.25) is 0 Å². The van der Waals surface area contributed by atoms with E-state index in [0.29, 0.717) is 11.6 Å². The van der Waals surface area contributed by atoms with E-state index in [-0.39, 0.29) is 23.8 Å². The molecule has 1 aromatic carbocycles. The van der Waals surface area contributed by atoms with Gasteiger partial charge >= 0.3 is 5.97 Å². The third kappa shape index (κ3) is 5.70. The van der Waals surface area contributed by atoms with E-state index in [1.807, 2.05) is 22.7 Å². The first-order valence-electron chi connectivity index (χ1n) is 13.4. The Bertz CT molecular complexity index is 1230. The summed E-state index contributed by atoms with van der Waals surface area (Å²) in [5.74, 6) is 0.860. The van der Waals surface area contributed by atoms with Gasteiger partial charge in [0.2, 0.25) is 5.91 Å². The number of aryl methyl sites for hydroxylation is 1. The predicted octanol–water partition coefficient (Wildman–Crippen LogP) is 3.83. The highest BCUT2D eigenvalue weighted by Gasteiger charge is 2.30. The number of benzene rings is 1. The molecule has 9 heteroatoms. The zero-order valence-electron chi connectivity index (χ0n) is 21.7. The molecule has 2 fully saturated rings. The number of fused-ring (bicyclic) bond motifs is 1. The van der Waals surface area contributed by atoms with Gasteiger partial charge in [0.1, 0.15) is 5.82 Å². The number of anilines is 2. The Morgan fingerprint density at radius 1 is 1.05 bits per heavy atom. The minimum atomic E-state index is -0.331. The van der Waals surface area contributed by atoms with Crippen molar-refractivity contribution in [2.45, 2.75) is 64.0 Å². The van der Waals surface area contributed by atoms with E-state index in [0.717, 1.165) is 80.9 Å². The van der Waals surface area contributed by atoms with Crippen molar-refractivity contribution in [3.63, 3.8) is 0 Å². The van der Waals surface area contributed by atoms with Crippen molar-refractivity contribution in [2.75, 3.05) is 30.4 Å². The number of amides is 1. The average molecular weight is 505 g/mol. The topological polar surface area (TPSA) is 101 Å². The minimum Gasteiger partial charge on any atom is -0.465 e. The summed E-state index contributed by atoms with van der Waals surface area (Å²) < 4.78 is 6.64. The molecule has 0 unspecified atom stereocenters. The molecule has 196 valence electrons. The highest BCUT2D eigenvalue weighted by atomic mass is 16.5. The number of methoxy groups -OCH3 is 1. The Labute approximate surface area is 217 Å². The molecule has 1 aliphatic heterocycles. The van der Waals surface area contributed by atoms with Gasteiger partial charge in [-0.15, -0.1) is 0 Å². The second kappa shape index (κ2) is 11.2. The molecule has 0 radical (unpaired) electrons. The van der Waals surface area contributed by atoms with Crippen LogP contribution in [-0.2, 0) is 16.0 Å². The molecule has 1 saturated heterocycles. The number of rotatable bonds is 8. The molecule has 9 nitrogen and oxygen atoms in total. The van der Waals surface area contributed by atoms with Gasteiger partial charge in [0.15, 0.2) is 5.65 Å². The van der Waals surface area contributed by atoms with Crippen molar-refractivity contribution in [2.24, 2.45) is 5.92 Å². The number of nitrogens with one attached hydrogen (secondary N) is 2. The Morgan fingerprint density at radius 3 is 2.54 bits per heavy atom. The minimum absolute atomic E-state index is 0.0399. The van der Waals surface area contributed by atoms with Crippen LogP contribution in [0.3, 0.4) is 0 Å². The fourth-order valence-electron chi connectivity index (χ4n) is 5.55. The molecule has 2 atom stereocenters. The van der Waals surface area contributed by atoms with E-state index in [9.17, 15) is 9.59 Å². The van der Waals surface area contributed by atoms with E-state index >= 15 is 0 Å². The van der Waals surface area contributed by atoms with Crippen LogP contribution in [0.1, 0.15) is 61.5 Å². The fourth-order valence-corrected chi connectivity index (χ4v) is 5.55. The molecule has 1 amide bonds. The van der Waals surface area contributed by atoms with Crippen LogP contribution in [0.15, 0.2) is 42.6 Å². The molecule has 0 spiro atoms. The lowest BCUT2D eigenvalue weighted by atomic mass is 9.95. The van der Waals surface area contributed by atoms with Crippen molar-refractivity contribution in [1.29, 1.82) is 0 Å². The van der Waals surface area contributed by atoms with Gasteiger partial charge in [-0.3, -0.25) is 4.79 Å². The zero-order chi connectivity index (χ0) is 25.8. The first-order chi connectivity index (χ1) is 18.0. The van der Waals surface area contributed by atoms with E-state index in [1.165, 1.54) is 7.11 Å². The fraction of sp³-hybridized carbons (Fsp3) is 0.500. The monoisotopic (exact) mass is 504 g/mol. The number of aromatic nitrogens is 3. The number of carbonyl (C=O) groups is 2. The number of nitrogens with zero attached hydrogens (tertiary/aromatic N) is 4. The smallest absolute Gasteiger partial charge is 0.337 e. The van der Waals surface area contributed by atoms with Gasteiger partial charge in [-0.05, 0) is 62.8 Å².